The summed E-state index contributed by atoms with van der Waals surface area (Å²) in [6.07, 6.45) is 0.387. The van der Waals surface area contributed by atoms with Crippen LogP contribution in [0.5, 0.6) is 0 Å². The number of rotatable bonds is 4. The Hall–Kier alpha value is -1.95. The number of nitrogens with zero attached hydrogens (tertiary/aromatic N) is 1. The molecule has 1 aromatic rings. The molecule has 0 aliphatic heterocycles. The molecule has 0 radical (unpaired) electrons. The van der Waals surface area contributed by atoms with Crippen molar-refractivity contribution in [2.45, 2.75) is 48.0 Å². The van der Waals surface area contributed by atoms with E-state index in [1.165, 1.54) is 0 Å². The first-order valence-corrected chi connectivity index (χ1v) is 7.54. The lowest BCUT2D eigenvalue weighted by Crippen LogP contribution is -2.40. The van der Waals surface area contributed by atoms with Crippen LogP contribution in [0.3, 0.4) is 0 Å². The van der Waals surface area contributed by atoms with Crippen molar-refractivity contribution in [1.29, 1.82) is 5.26 Å². The number of hydrogen-bond acceptors (Lipinski definition) is 3. The summed E-state index contributed by atoms with van der Waals surface area (Å²) in [4.78, 5) is 25.4. The highest BCUT2D eigenvalue weighted by atomic mass is 16.2. The number of Topliss-reactive ketones (excluding diaryl/α,β-unsaturated/α-hetero) is 2. The molecule has 0 fully saturated rings. The number of hydrogen-bond donors (Lipinski definition) is 0. The second-order valence-electron chi connectivity index (χ2n) is 7.79. The van der Waals surface area contributed by atoms with Gasteiger partial charge in [0.2, 0.25) is 0 Å². The second kappa shape index (κ2) is 6.44. The van der Waals surface area contributed by atoms with E-state index in [4.69, 9.17) is 5.26 Å². The van der Waals surface area contributed by atoms with Gasteiger partial charge in [0.05, 0.1) is 17.6 Å². The molecule has 0 amide bonds. The van der Waals surface area contributed by atoms with Gasteiger partial charge >= 0.3 is 0 Å². The maximum absolute atomic E-state index is 12.7. The summed E-state index contributed by atoms with van der Waals surface area (Å²) < 4.78 is 0. The quantitative estimate of drug-likeness (QED) is 0.791. The van der Waals surface area contributed by atoms with Crippen molar-refractivity contribution in [2.24, 2.45) is 16.7 Å². The normalized spacial score (nSPS) is 12.1. The van der Waals surface area contributed by atoms with Gasteiger partial charge in [-0.25, -0.2) is 0 Å². The highest BCUT2D eigenvalue weighted by Crippen LogP contribution is 2.29. The molecule has 3 heteroatoms. The first-order valence-electron chi connectivity index (χ1n) is 7.54. The van der Waals surface area contributed by atoms with Gasteiger partial charge in [-0.3, -0.25) is 9.59 Å². The molecule has 0 aliphatic rings. The minimum Gasteiger partial charge on any atom is -0.298 e. The molecule has 22 heavy (non-hydrogen) atoms. The number of ketones is 2. The SMILES string of the molecule is CC(C)(C)C(=O)C(Cc1ccc(C#N)cc1)C(=O)C(C)(C)C. The molecule has 0 spiro atoms. The maximum Gasteiger partial charge on any atom is 0.148 e. The van der Waals surface area contributed by atoms with Crippen LogP contribution in [-0.2, 0) is 16.0 Å². The number of carbonyl (C=O) groups is 2. The van der Waals surface area contributed by atoms with Crippen LogP contribution in [-0.4, -0.2) is 11.6 Å². The monoisotopic (exact) mass is 299 g/mol. The Morgan fingerprint density at radius 2 is 1.36 bits per heavy atom. The minimum atomic E-state index is -0.645. The lowest BCUT2D eigenvalue weighted by Gasteiger charge is -2.28. The molecule has 0 saturated heterocycles. The van der Waals surface area contributed by atoms with E-state index in [1.54, 1.807) is 12.1 Å². The van der Waals surface area contributed by atoms with Crippen LogP contribution in [0, 0.1) is 28.1 Å². The third-order valence-electron chi connectivity index (χ3n) is 3.63. The molecule has 0 N–H and O–H groups in total. The highest BCUT2D eigenvalue weighted by Gasteiger charge is 2.39. The topological polar surface area (TPSA) is 57.9 Å². The first kappa shape index (κ1) is 18.1. The smallest absolute Gasteiger partial charge is 0.148 e. The molecule has 0 saturated carbocycles. The van der Waals surface area contributed by atoms with Crippen molar-refractivity contribution in [1.82, 2.24) is 0 Å². The van der Waals surface area contributed by atoms with Gasteiger partial charge in [0, 0.05) is 10.8 Å². The molecule has 1 aromatic carbocycles. The van der Waals surface area contributed by atoms with Gasteiger partial charge in [0.15, 0.2) is 0 Å². The summed E-state index contributed by atoms with van der Waals surface area (Å²) in [5, 5.41) is 8.84. The third kappa shape index (κ3) is 4.53. The molecule has 3 nitrogen and oxygen atoms in total. The lowest BCUT2D eigenvalue weighted by molar-refractivity contribution is -0.141. The zero-order valence-corrected chi connectivity index (χ0v) is 14.4. The minimum absolute atomic E-state index is 0.0308. The van der Waals surface area contributed by atoms with Crippen molar-refractivity contribution < 1.29 is 9.59 Å². The van der Waals surface area contributed by atoms with Gasteiger partial charge in [-0.05, 0) is 24.1 Å². The van der Waals surface area contributed by atoms with E-state index in [2.05, 4.69) is 6.07 Å². The molecule has 0 unspecified atom stereocenters. The van der Waals surface area contributed by atoms with Crippen LogP contribution in [0.25, 0.3) is 0 Å². The Balaban J connectivity index is 3.13. The molecule has 0 aliphatic carbocycles. The zero-order valence-electron chi connectivity index (χ0n) is 14.4. The van der Waals surface area contributed by atoms with Gasteiger partial charge in [-0.1, -0.05) is 53.7 Å². The molecule has 0 aromatic heterocycles. The highest BCUT2D eigenvalue weighted by molar-refractivity contribution is 6.06. The average Bonchev–Trinajstić information content (AvgIpc) is 2.42. The van der Waals surface area contributed by atoms with Gasteiger partial charge in [0.25, 0.3) is 0 Å². The third-order valence-corrected chi connectivity index (χ3v) is 3.63. The van der Waals surface area contributed by atoms with E-state index in [9.17, 15) is 9.59 Å². The Bertz CT molecular complexity index is 566. The van der Waals surface area contributed by atoms with E-state index in [-0.39, 0.29) is 11.6 Å². The number of carbonyl (C=O) groups excluding carboxylic acids is 2. The zero-order chi connectivity index (χ0) is 17.1. The predicted octanol–water partition coefficient (Wildman–Crippen LogP) is 3.95. The van der Waals surface area contributed by atoms with Crippen molar-refractivity contribution in [2.75, 3.05) is 0 Å². The van der Waals surface area contributed by atoms with Crippen molar-refractivity contribution in [3.05, 3.63) is 35.4 Å². The van der Waals surface area contributed by atoms with Crippen molar-refractivity contribution in [3.63, 3.8) is 0 Å². The standard InChI is InChI=1S/C19H25NO2/c1-18(2,3)16(21)15(17(22)19(4,5)6)11-13-7-9-14(12-20)10-8-13/h7-10,15H,11H2,1-6H3. The fourth-order valence-corrected chi connectivity index (χ4v) is 2.30. The Morgan fingerprint density at radius 1 is 0.955 bits per heavy atom. The fraction of sp³-hybridized carbons (Fsp3) is 0.526. The second-order valence-corrected chi connectivity index (χ2v) is 7.79. The molecule has 0 bridgehead atoms. The van der Waals surface area contributed by atoms with Crippen molar-refractivity contribution >= 4 is 11.6 Å². The molecule has 1 rings (SSSR count). The molecule has 118 valence electrons. The molecule has 0 heterocycles. The van der Waals surface area contributed by atoms with Gasteiger partial charge in [0.1, 0.15) is 11.6 Å². The van der Waals surface area contributed by atoms with Crippen LogP contribution in [0.15, 0.2) is 24.3 Å². The number of benzene rings is 1. The van der Waals surface area contributed by atoms with Crippen LogP contribution in [0.1, 0.15) is 52.7 Å². The van der Waals surface area contributed by atoms with Crippen molar-refractivity contribution in [3.8, 4) is 6.07 Å². The Kier molecular flexibility index (Phi) is 5.30. The van der Waals surface area contributed by atoms with Gasteiger partial charge in [-0.2, -0.15) is 5.26 Å². The van der Waals surface area contributed by atoms with E-state index >= 15 is 0 Å². The summed E-state index contributed by atoms with van der Waals surface area (Å²) in [6.45, 7) is 11.1. The first-order chi connectivity index (χ1) is 9.96. The van der Waals surface area contributed by atoms with Crippen LogP contribution >= 0.6 is 0 Å². The van der Waals surface area contributed by atoms with Gasteiger partial charge in [-0.15, -0.1) is 0 Å². The van der Waals surface area contributed by atoms with E-state index < -0.39 is 16.7 Å². The van der Waals surface area contributed by atoms with Gasteiger partial charge < -0.3 is 0 Å². The lowest BCUT2D eigenvalue weighted by atomic mass is 9.72. The Labute approximate surface area is 133 Å². The average molecular weight is 299 g/mol. The predicted molar refractivity (Wildman–Crippen MR) is 87.3 cm³/mol. The Morgan fingerprint density at radius 3 is 1.68 bits per heavy atom. The largest absolute Gasteiger partial charge is 0.298 e. The summed E-state index contributed by atoms with van der Waals surface area (Å²) in [7, 11) is 0. The summed E-state index contributed by atoms with van der Waals surface area (Å²) in [5.41, 5.74) is 0.361. The van der Waals surface area contributed by atoms with E-state index in [1.807, 2.05) is 53.7 Å². The summed E-state index contributed by atoms with van der Waals surface area (Å²) in [6, 6.07) is 9.14. The molecule has 0 atom stereocenters. The van der Waals surface area contributed by atoms with E-state index in [0.717, 1.165) is 5.56 Å². The summed E-state index contributed by atoms with van der Waals surface area (Å²) in [5.74, 6) is -0.707. The maximum atomic E-state index is 12.7. The van der Waals surface area contributed by atoms with Crippen LogP contribution in [0.4, 0.5) is 0 Å². The van der Waals surface area contributed by atoms with E-state index in [0.29, 0.717) is 12.0 Å². The molecular formula is C19H25NO2. The van der Waals surface area contributed by atoms with Crippen LogP contribution in [0.2, 0.25) is 0 Å². The fourth-order valence-electron chi connectivity index (χ4n) is 2.30. The number of nitriles is 1. The molecular weight excluding hydrogens is 274 g/mol. The summed E-state index contributed by atoms with van der Waals surface area (Å²) >= 11 is 0. The van der Waals surface area contributed by atoms with Crippen LogP contribution < -0.4 is 0 Å².